The van der Waals surface area contributed by atoms with E-state index < -0.39 is 0 Å². The lowest BCUT2D eigenvalue weighted by Crippen LogP contribution is -2.48. The summed E-state index contributed by atoms with van der Waals surface area (Å²) in [6.45, 7) is 9.31. The van der Waals surface area contributed by atoms with Crippen LogP contribution in [0.1, 0.15) is 45.6 Å². The third-order valence-corrected chi connectivity index (χ3v) is 5.63. The summed E-state index contributed by atoms with van der Waals surface area (Å²) >= 11 is 0. The highest BCUT2D eigenvalue weighted by molar-refractivity contribution is 5.94. The van der Waals surface area contributed by atoms with Gasteiger partial charge in [-0.1, -0.05) is 12.1 Å². The maximum atomic E-state index is 12.9. The fraction of sp³-hybridized carbons (Fsp3) is 0.524. The predicted octanol–water partition coefficient (Wildman–Crippen LogP) is 2.75. The largest absolute Gasteiger partial charge is 0.444 e. The maximum absolute atomic E-state index is 12.9. The van der Waals surface area contributed by atoms with Gasteiger partial charge in [0.15, 0.2) is 0 Å². The second-order valence-corrected chi connectivity index (χ2v) is 7.50. The first-order valence-electron chi connectivity index (χ1n) is 9.72. The van der Waals surface area contributed by atoms with Gasteiger partial charge in [0.2, 0.25) is 5.89 Å². The Morgan fingerprint density at radius 1 is 1.22 bits per heavy atom. The molecule has 2 fully saturated rings. The summed E-state index contributed by atoms with van der Waals surface area (Å²) in [5, 5.41) is 0. The van der Waals surface area contributed by atoms with Crippen molar-refractivity contribution in [2.45, 2.75) is 32.7 Å². The molecule has 2 aliphatic heterocycles. The lowest BCUT2D eigenvalue weighted by Gasteiger charge is -2.34. The molecule has 1 unspecified atom stereocenters. The summed E-state index contributed by atoms with van der Waals surface area (Å²) in [6, 6.07) is 8.07. The molecule has 0 N–H and O–H groups in total. The van der Waals surface area contributed by atoms with Gasteiger partial charge in [0, 0.05) is 44.3 Å². The molecule has 3 heterocycles. The van der Waals surface area contributed by atoms with E-state index in [0.717, 1.165) is 68.7 Å². The molecule has 4 rings (SSSR count). The minimum atomic E-state index is 0.123. The van der Waals surface area contributed by atoms with E-state index in [0.29, 0.717) is 12.5 Å². The van der Waals surface area contributed by atoms with Crippen molar-refractivity contribution in [1.82, 2.24) is 14.8 Å². The van der Waals surface area contributed by atoms with Gasteiger partial charge in [-0.2, -0.15) is 0 Å². The molecule has 2 saturated heterocycles. The number of amides is 1. The molecule has 1 atom stereocenters. The smallest absolute Gasteiger partial charge is 0.253 e. The molecular weight excluding hydrogens is 342 g/mol. The lowest BCUT2D eigenvalue weighted by atomic mass is 9.96. The molecule has 2 aliphatic rings. The van der Waals surface area contributed by atoms with Crippen LogP contribution < -0.4 is 0 Å². The Kier molecular flexibility index (Phi) is 5.27. The first-order valence-corrected chi connectivity index (χ1v) is 9.72. The van der Waals surface area contributed by atoms with E-state index in [9.17, 15) is 4.79 Å². The SMILES string of the molecule is Cc1nc(CN2CCN(C(=O)c3cccc(C4CCOC4)c3)CC2)oc1C. The Hall–Kier alpha value is -2.18. The van der Waals surface area contributed by atoms with Crippen LogP contribution in [0.25, 0.3) is 0 Å². The summed E-state index contributed by atoms with van der Waals surface area (Å²) in [5.41, 5.74) is 2.95. The van der Waals surface area contributed by atoms with Crippen molar-refractivity contribution in [1.29, 1.82) is 0 Å². The van der Waals surface area contributed by atoms with Gasteiger partial charge in [-0.25, -0.2) is 4.98 Å². The van der Waals surface area contributed by atoms with Crippen LogP contribution in [0.4, 0.5) is 0 Å². The van der Waals surface area contributed by atoms with E-state index in [1.807, 2.05) is 36.9 Å². The van der Waals surface area contributed by atoms with Gasteiger partial charge in [-0.05, 0) is 38.0 Å². The number of aryl methyl sites for hydroxylation is 2. The molecule has 0 spiro atoms. The zero-order chi connectivity index (χ0) is 18.8. The molecule has 6 nitrogen and oxygen atoms in total. The van der Waals surface area contributed by atoms with E-state index in [4.69, 9.17) is 9.15 Å². The van der Waals surface area contributed by atoms with Crippen LogP contribution in [0.5, 0.6) is 0 Å². The van der Waals surface area contributed by atoms with Gasteiger partial charge >= 0.3 is 0 Å². The molecule has 1 aromatic carbocycles. The van der Waals surface area contributed by atoms with Gasteiger partial charge in [-0.15, -0.1) is 0 Å². The monoisotopic (exact) mass is 369 g/mol. The van der Waals surface area contributed by atoms with Crippen molar-refractivity contribution in [3.63, 3.8) is 0 Å². The third kappa shape index (κ3) is 4.06. The number of benzene rings is 1. The Labute approximate surface area is 160 Å². The molecule has 2 aromatic rings. The lowest BCUT2D eigenvalue weighted by molar-refractivity contribution is 0.0617. The highest BCUT2D eigenvalue weighted by atomic mass is 16.5. The van der Waals surface area contributed by atoms with Crippen LogP contribution in [0, 0.1) is 13.8 Å². The fourth-order valence-electron chi connectivity index (χ4n) is 3.81. The van der Waals surface area contributed by atoms with Crippen molar-refractivity contribution in [2.75, 3.05) is 39.4 Å². The minimum absolute atomic E-state index is 0.123. The Morgan fingerprint density at radius 3 is 2.70 bits per heavy atom. The summed E-state index contributed by atoms with van der Waals surface area (Å²) < 4.78 is 11.2. The van der Waals surface area contributed by atoms with Crippen molar-refractivity contribution in [3.05, 3.63) is 52.7 Å². The molecular formula is C21H27N3O3. The van der Waals surface area contributed by atoms with Crippen LogP contribution in [0.15, 0.2) is 28.7 Å². The average Bonchev–Trinajstić information content (AvgIpc) is 3.32. The molecule has 0 aliphatic carbocycles. The Balaban J connectivity index is 1.35. The highest BCUT2D eigenvalue weighted by Crippen LogP contribution is 2.26. The molecule has 0 saturated carbocycles. The second kappa shape index (κ2) is 7.82. The summed E-state index contributed by atoms with van der Waals surface area (Å²) in [5.74, 6) is 2.18. The number of hydrogen-bond acceptors (Lipinski definition) is 5. The number of hydrogen-bond donors (Lipinski definition) is 0. The molecule has 6 heteroatoms. The number of nitrogens with zero attached hydrogens (tertiary/aromatic N) is 3. The normalized spacial score (nSPS) is 21.0. The number of ether oxygens (including phenoxy) is 1. The Morgan fingerprint density at radius 2 is 2.04 bits per heavy atom. The van der Waals surface area contributed by atoms with Crippen molar-refractivity contribution >= 4 is 5.91 Å². The highest BCUT2D eigenvalue weighted by Gasteiger charge is 2.24. The maximum Gasteiger partial charge on any atom is 0.253 e. The van der Waals surface area contributed by atoms with E-state index in [1.54, 1.807) is 0 Å². The molecule has 1 aromatic heterocycles. The van der Waals surface area contributed by atoms with Gasteiger partial charge in [0.25, 0.3) is 5.91 Å². The van der Waals surface area contributed by atoms with Crippen molar-refractivity contribution < 1.29 is 13.9 Å². The summed E-state index contributed by atoms with van der Waals surface area (Å²) in [7, 11) is 0. The number of rotatable bonds is 4. The van der Waals surface area contributed by atoms with E-state index in [-0.39, 0.29) is 5.91 Å². The van der Waals surface area contributed by atoms with Gasteiger partial charge in [-0.3, -0.25) is 9.69 Å². The molecule has 144 valence electrons. The summed E-state index contributed by atoms with van der Waals surface area (Å²) in [6.07, 6.45) is 1.04. The summed E-state index contributed by atoms with van der Waals surface area (Å²) in [4.78, 5) is 21.6. The number of carbonyl (C=O) groups excluding carboxylic acids is 1. The number of carbonyl (C=O) groups is 1. The third-order valence-electron chi connectivity index (χ3n) is 5.63. The standard InChI is InChI=1S/C21H27N3O3/c1-15-16(2)27-20(22-15)13-23-7-9-24(10-8-23)21(25)18-5-3-4-17(12-18)19-6-11-26-14-19/h3-5,12,19H,6-11,13-14H2,1-2H3. The fourth-order valence-corrected chi connectivity index (χ4v) is 3.81. The van der Waals surface area contributed by atoms with Gasteiger partial charge in [0.05, 0.1) is 18.8 Å². The van der Waals surface area contributed by atoms with E-state index >= 15 is 0 Å². The average molecular weight is 369 g/mol. The molecule has 0 radical (unpaired) electrons. The van der Waals surface area contributed by atoms with Crippen LogP contribution in [0.3, 0.4) is 0 Å². The van der Waals surface area contributed by atoms with E-state index in [2.05, 4.69) is 16.0 Å². The molecule has 1 amide bonds. The second-order valence-electron chi connectivity index (χ2n) is 7.50. The predicted molar refractivity (Wildman–Crippen MR) is 102 cm³/mol. The first kappa shape index (κ1) is 18.2. The van der Waals surface area contributed by atoms with Crippen molar-refractivity contribution in [2.24, 2.45) is 0 Å². The number of piperazine rings is 1. The quantitative estimate of drug-likeness (QED) is 0.829. The number of aromatic nitrogens is 1. The van der Waals surface area contributed by atoms with Crippen LogP contribution >= 0.6 is 0 Å². The van der Waals surface area contributed by atoms with Crippen molar-refractivity contribution in [3.8, 4) is 0 Å². The van der Waals surface area contributed by atoms with Crippen LogP contribution in [0.2, 0.25) is 0 Å². The molecule has 0 bridgehead atoms. The van der Waals surface area contributed by atoms with E-state index in [1.165, 1.54) is 5.56 Å². The minimum Gasteiger partial charge on any atom is -0.444 e. The Bertz CT molecular complexity index is 783. The topological polar surface area (TPSA) is 58.8 Å². The zero-order valence-corrected chi connectivity index (χ0v) is 16.1. The molecule has 27 heavy (non-hydrogen) atoms. The first-order chi connectivity index (χ1) is 13.1. The van der Waals surface area contributed by atoms with Crippen LogP contribution in [-0.2, 0) is 11.3 Å². The zero-order valence-electron chi connectivity index (χ0n) is 16.1. The number of oxazole rings is 1. The van der Waals surface area contributed by atoms with Gasteiger partial charge < -0.3 is 14.1 Å². The van der Waals surface area contributed by atoms with Gasteiger partial charge in [0.1, 0.15) is 5.76 Å². The van der Waals surface area contributed by atoms with Crippen LogP contribution in [-0.4, -0.2) is 60.1 Å².